The third-order valence-corrected chi connectivity index (χ3v) is 3.92. The van der Waals surface area contributed by atoms with Gasteiger partial charge in [-0.2, -0.15) is 0 Å². The summed E-state index contributed by atoms with van der Waals surface area (Å²) in [6.45, 7) is 19.0. The van der Waals surface area contributed by atoms with Crippen LogP contribution in [0.4, 0.5) is 0 Å². The Kier molecular flexibility index (Phi) is 7.48. The van der Waals surface area contributed by atoms with Gasteiger partial charge in [0, 0.05) is 12.6 Å². The van der Waals surface area contributed by atoms with E-state index in [1.54, 1.807) is 0 Å². The molecule has 0 rings (SSSR count). The van der Waals surface area contributed by atoms with E-state index < -0.39 is 0 Å². The Morgan fingerprint density at radius 3 is 2.05 bits per heavy atom. The van der Waals surface area contributed by atoms with E-state index >= 15 is 0 Å². The molecule has 0 N–H and O–H groups in total. The van der Waals surface area contributed by atoms with E-state index in [9.17, 15) is 0 Å². The van der Waals surface area contributed by atoms with Gasteiger partial charge < -0.3 is 0 Å². The minimum absolute atomic E-state index is 0.0837. The van der Waals surface area contributed by atoms with E-state index in [1.807, 2.05) is 6.08 Å². The highest BCUT2D eigenvalue weighted by molar-refractivity contribution is 5.33. The van der Waals surface area contributed by atoms with Crippen molar-refractivity contribution in [1.82, 2.24) is 4.90 Å². The van der Waals surface area contributed by atoms with Gasteiger partial charge in [0.15, 0.2) is 0 Å². The van der Waals surface area contributed by atoms with E-state index in [-0.39, 0.29) is 5.41 Å². The van der Waals surface area contributed by atoms with Crippen molar-refractivity contribution < 1.29 is 0 Å². The van der Waals surface area contributed by atoms with Crippen molar-refractivity contribution in [2.45, 2.75) is 67.9 Å². The fourth-order valence-electron chi connectivity index (χ4n) is 2.96. The van der Waals surface area contributed by atoms with Gasteiger partial charge in [0.25, 0.3) is 0 Å². The molecule has 0 amide bonds. The van der Waals surface area contributed by atoms with Crippen molar-refractivity contribution in [3.8, 4) is 12.3 Å². The quantitative estimate of drug-likeness (QED) is 0.490. The normalized spacial score (nSPS) is 16.0. The zero-order valence-corrected chi connectivity index (χ0v) is 15.7. The number of rotatable bonds is 5. The van der Waals surface area contributed by atoms with Crippen LogP contribution in [0.15, 0.2) is 23.3 Å². The molecule has 1 heteroatoms. The molecule has 0 aliphatic heterocycles. The summed E-state index contributed by atoms with van der Waals surface area (Å²) >= 11 is 0. The van der Waals surface area contributed by atoms with Crippen molar-refractivity contribution >= 4 is 0 Å². The van der Waals surface area contributed by atoms with Crippen LogP contribution in [-0.4, -0.2) is 24.5 Å². The Hall–Kier alpha value is -1.00. The zero-order chi connectivity index (χ0) is 16.8. The van der Waals surface area contributed by atoms with E-state index in [2.05, 4.69) is 79.3 Å². The minimum atomic E-state index is 0.0837. The lowest BCUT2D eigenvalue weighted by Crippen LogP contribution is -2.42. The predicted octanol–water partition coefficient (Wildman–Crippen LogP) is 5.29. The molecule has 0 aliphatic rings. The van der Waals surface area contributed by atoms with Crippen LogP contribution in [0.3, 0.4) is 0 Å². The Bertz CT molecular complexity index is 418. The van der Waals surface area contributed by atoms with Gasteiger partial charge in [-0.05, 0) is 42.9 Å². The molecule has 0 saturated carbocycles. The predicted molar refractivity (Wildman–Crippen MR) is 96.3 cm³/mol. The first-order chi connectivity index (χ1) is 9.43. The number of terminal acetylenes is 1. The zero-order valence-electron chi connectivity index (χ0n) is 15.7. The van der Waals surface area contributed by atoms with Crippen molar-refractivity contribution in [2.24, 2.45) is 10.8 Å². The fourth-order valence-corrected chi connectivity index (χ4v) is 2.96. The molecule has 0 heterocycles. The average Bonchev–Trinajstić information content (AvgIpc) is 2.25. The molecule has 0 aromatic carbocycles. The van der Waals surface area contributed by atoms with E-state index in [0.29, 0.717) is 11.5 Å². The molecule has 21 heavy (non-hydrogen) atoms. The summed E-state index contributed by atoms with van der Waals surface area (Å²) in [7, 11) is 2.22. The summed E-state index contributed by atoms with van der Waals surface area (Å²) in [5, 5.41) is 0. The molecule has 1 nitrogen and oxygen atoms in total. The van der Waals surface area contributed by atoms with Crippen LogP contribution in [0.1, 0.15) is 61.8 Å². The maximum atomic E-state index is 5.46. The van der Waals surface area contributed by atoms with Gasteiger partial charge in [0.05, 0.1) is 0 Å². The van der Waals surface area contributed by atoms with Gasteiger partial charge in [-0.25, -0.2) is 0 Å². The standard InChI is InChI=1S/C20H35N/c1-11-13-17(19(4,5)6)14-16(3)15-21(10)18(12-2)20(7,8)9/h1,13-14,18H,12,15H2,2-10H3/b16-14-,17-13+. The minimum Gasteiger partial charge on any atom is -0.299 e. The highest BCUT2D eigenvalue weighted by atomic mass is 15.1. The van der Waals surface area contributed by atoms with E-state index in [4.69, 9.17) is 6.42 Å². The van der Waals surface area contributed by atoms with Gasteiger partial charge in [-0.3, -0.25) is 4.90 Å². The maximum Gasteiger partial charge on any atom is 0.0193 e. The van der Waals surface area contributed by atoms with Gasteiger partial charge in [-0.1, -0.05) is 66.0 Å². The molecular weight excluding hydrogens is 254 g/mol. The van der Waals surface area contributed by atoms with Crippen LogP contribution >= 0.6 is 0 Å². The van der Waals surface area contributed by atoms with Crippen molar-refractivity contribution in [3.63, 3.8) is 0 Å². The van der Waals surface area contributed by atoms with Crippen molar-refractivity contribution in [1.29, 1.82) is 0 Å². The molecule has 0 spiro atoms. The Balaban J connectivity index is 5.12. The first kappa shape index (κ1) is 20.0. The summed E-state index contributed by atoms with van der Waals surface area (Å²) in [5.41, 5.74) is 2.96. The third kappa shape index (κ3) is 7.00. The van der Waals surface area contributed by atoms with Gasteiger partial charge in [-0.15, -0.1) is 6.42 Å². The second-order valence-electron chi connectivity index (χ2n) is 8.21. The second kappa shape index (κ2) is 7.85. The van der Waals surface area contributed by atoms with Gasteiger partial charge in [0.2, 0.25) is 0 Å². The summed E-state index contributed by atoms with van der Waals surface area (Å²) in [6, 6.07) is 0.579. The smallest absolute Gasteiger partial charge is 0.0193 e. The summed E-state index contributed by atoms with van der Waals surface area (Å²) < 4.78 is 0. The van der Waals surface area contributed by atoms with Crippen molar-refractivity contribution in [3.05, 3.63) is 23.3 Å². The molecule has 0 aliphatic carbocycles. The molecule has 0 bridgehead atoms. The first-order valence-corrected chi connectivity index (χ1v) is 7.97. The largest absolute Gasteiger partial charge is 0.299 e. The fraction of sp³-hybridized carbons (Fsp3) is 0.700. The van der Waals surface area contributed by atoms with Crippen LogP contribution in [0.5, 0.6) is 0 Å². The van der Waals surface area contributed by atoms with Crippen LogP contribution < -0.4 is 0 Å². The third-order valence-electron chi connectivity index (χ3n) is 3.92. The molecule has 0 fully saturated rings. The molecule has 1 atom stereocenters. The Morgan fingerprint density at radius 1 is 1.19 bits per heavy atom. The molecule has 0 radical (unpaired) electrons. The average molecular weight is 290 g/mol. The number of likely N-dealkylation sites (N-methyl/N-ethyl adjacent to an activating group) is 1. The van der Waals surface area contributed by atoms with Crippen LogP contribution in [0, 0.1) is 23.2 Å². The second-order valence-corrected chi connectivity index (χ2v) is 8.21. The lowest BCUT2D eigenvalue weighted by molar-refractivity contribution is 0.131. The Labute approximate surface area is 133 Å². The SMILES string of the molecule is C#C/C=C(\C=C(\C)CN(C)C(CC)C(C)(C)C)C(C)(C)C. The highest BCUT2D eigenvalue weighted by Gasteiger charge is 2.26. The number of hydrogen-bond donors (Lipinski definition) is 0. The number of allylic oxidation sites excluding steroid dienone is 3. The van der Waals surface area contributed by atoms with E-state index in [1.165, 1.54) is 17.6 Å². The number of hydrogen-bond acceptors (Lipinski definition) is 1. The van der Waals surface area contributed by atoms with Crippen LogP contribution in [0.25, 0.3) is 0 Å². The Morgan fingerprint density at radius 2 is 1.71 bits per heavy atom. The maximum absolute atomic E-state index is 5.46. The monoisotopic (exact) mass is 289 g/mol. The molecular formula is C20H35N. The van der Waals surface area contributed by atoms with Crippen molar-refractivity contribution in [2.75, 3.05) is 13.6 Å². The first-order valence-electron chi connectivity index (χ1n) is 7.97. The van der Waals surface area contributed by atoms with Crippen LogP contribution in [-0.2, 0) is 0 Å². The summed E-state index contributed by atoms with van der Waals surface area (Å²) in [5.74, 6) is 2.67. The molecule has 120 valence electrons. The topological polar surface area (TPSA) is 3.24 Å². The van der Waals surface area contributed by atoms with Crippen LogP contribution in [0.2, 0.25) is 0 Å². The highest BCUT2D eigenvalue weighted by Crippen LogP contribution is 2.29. The lowest BCUT2D eigenvalue weighted by atomic mass is 9.83. The molecule has 0 saturated heterocycles. The van der Waals surface area contributed by atoms with Gasteiger partial charge in [0.1, 0.15) is 0 Å². The molecule has 0 aromatic heterocycles. The summed E-state index contributed by atoms with van der Waals surface area (Å²) in [6.07, 6.45) is 10.8. The number of nitrogens with zero attached hydrogens (tertiary/aromatic N) is 1. The van der Waals surface area contributed by atoms with Gasteiger partial charge >= 0.3 is 0 Å². The molecule has 1 unspecified atom stereocenters. The lowest BCUT2D eigenvalue weighted by Gasteiger charge is -2.38. The van der Waals surface area contributed by atoms with E-state index in [0.717, 1.165) is 6.54 Å². The molecule has 0 aromatic rings. The summed E-state index contributed by atoms with van der Waals surface area (Å²) in [4.78, 5) is 2.46.